The average molecular weight is 604 g/mol. The zero-order valence-electron chi connectivity index (χ0n) is 24.3. The minimum Gasteiger partial charge on any atom is -0.497 e. The fourth-order valence-corrected chi connectivity index (χ4v) is 7.78. The number of aliphatic hydroxyl groups is 1. The molecular weight excluding hydrogens is 562 g/mol. The first-order valence-electron chi connectivity index (χ1n) is 14.6. The lowest BCUT2D eigenvalue weighted by atomic mass is 9.88. The molecule has 230 valence electrons. The summed E-state index contributed by atoms with van der Waals surface area (Å²) >= 11 is 0. The molecule has 2 aromatic rings. The van der Waals surface area contributed by atoms with Crippen LogP contribution in [0.4, 0.5) is 0 Å². The van der Waals surface area contributed by atoms with Crippen LogP contribution in [0.1, 0.15) is 32.3 Å². The average Bonchev–Trinajstić information content (AvgIpc) is 3.66. The van der Waals surface area contributed by atoms with Crippen molar-refractivity contribution >= 4 is 16.0 Å². The molecule has 3 aliphatic rings. The van der Waals surface area contributed by atoms with Crippen molar-refractivity contribution in [3.63, 3.8) is 0 Å². The number of hydrogen-bond acceptors (Lipinski definition) is 9. The standard InChI is InChI=1S/C31H41NO9S/c1-20(2)17-32(42(35,36)24-11-9-23(37-3)10-12-24)18-26(33)22(15-21-7-5-4-6-8-21)16-28(34)40-27-19-39-31-29(27)25-13-14-38-30(25)41-31/h4-12,20,22,25-27,29-31,33H,13-19H2,1-3H3/t22-,25+,26-,27+,29+,30-,31+/m1/s1. The van der Waals surface area contributed by atoms with Crippen molar-refractivity contribution in [3.8, 4) is 5.75 Å². The van der Waals surface area contributed by atoms with E-state index in [9.17, 15) is 18.3 Å². The van der Waals surface area contributed by atoms with Gasteiger partial charge in [0, 0.05) is 24.9 Å². The quantitative estimate of drug-likeness (QED) is 0.344. The number of sulfonamides is 1. The van der Waals surface area contributed by atoms with Crippen LogP contribution >= 0.6 is 0 Å². The van der Waals surface area contributed by atoms with Crippen molar-refractivity contribution in [3.05, 3.63) is 60.2 Å². The van der Waals surface area contributed by atoms with Gasteiger partial charge in [0.2, 0.25) is 10.0 Å². The van der Waals surface area contributed by atoms with Crippen LogP contribution < -0.4 is 4.74 Å². The fraction of sp³-hybridized carbons (Fsp3) is 0.581. The lowest BCUT2D eigenvalue weighted by molar-refractivity contribution is -0.189. The summed E-state index contributed by atoms with van der Waals surface area (Å²) < 4.78 is 57.0. The summed E-state index contributed by atoms with van der Waals surface area (Å²) in [6.07, 6.45) is -1.23. The summed E-state index contributed by atoms with van der Waals surface area (Å²) in [4.78, 5) is 13.4. The van der Waals surface area contributed by atoms with Crippen LogP contribution in [0.25, 0.3) is 0 Å². The van der Waals surface area contributed by atoms with E-state index < -0.39 is 40.4 Å². The molecule has 3 heterocycles. The Morgan fingerprint density at radius 1 is 1.05 bits per heavy atom. The molecule has 1 N–H and O–H groups in total. The third-order valence-corrected chi connectivity index (χ3v) is 10.1. The molecule has 2 aromatic carbocycles. The van der Waals surface area contributed by atoms with Crippen molar-refractivity contribution in [2.75, 3.05) is 33.4 Å². The van der Waals surface area contributed by atoms with E-state index in [1.54, 1.807) is 12.1 Å². The summed E-state index contributed by atoms with van der Waals surface area (Å²) in [5.41, 5.74) is 0.933. The minimum absolute atomic E-state index is 0.00935. The maximum Gasteiger partial charge on any atom is 0.306 e. The summed E-state index contributed by atoms with van der Waals surface area (Å²) in [5, 5.41) is 11.5. The highest BCUT2D eigenvalue weighted by Gasteiger charge is 2.56. The van der Waals surface area contributed by atoms with Crippen LogP contribution in [-0.2, 0) is 40.2 Å². The molecule has 7 atom stereocenters. The molecule has 0 amide bonds. The fourth-order valence-electron chi connectivity index (χ4n) is 6.16. The molecule has 42 heavy (non-hydrogen) atoms. The number of esters is 1. The molecule has 0 aromatic heterocycles. The van der Waals surface area contributed by atoms with E-state index >= 15 is 0 Å². The monoisotopic (exact) mass is 603 g/mol. The predicted molar refractivity (Wildman–Crippen MR) is 153 cm³/mol. The second-order valence-corrected chi connectivity index (χ2v) is 13.7. The molecule has 0 radical (unpaired) electrons. The smallest absolute Gasteiger partial charge is 0.306 e. The van der Waals surface area contributed by atoms with Gasteiger partial charge in [-0.05, 0) is 48.6 Å². The molecule has 3 aliphatic heterocycles. The lowest BCUT2D eigenvalue weighted by Crippen LogP contribution is -2.43. The first-order valence-corrected chi connectivity index (χ1v) is 16.0. The highest BCUT2D eigenvalue weighted by atomic mass is 32.2. The van der Waals surface area contributed by atoms with E-state index in [1.165, 1.54) is 23.5 Å². The summed E-state index contributed by atoms with van der Waals surface area (Å²) in [6, 6.07) is 15.7. The number of ether oxygens (including phenoxy) is 5. The molecule has 5 rings (SSSR count). The van der Waals surface area contributed by atoms with Gasteiger partial charge in [0.1, 0.15) is 11.9 Å². The number of rotatable bonds is 13. The van der Waals surface area contributed by atoms with Gasteiger partial charge in [0.15, 0.2) is 12.6 Å². The van der Waals surface area contributed by atoms with Crippen LogP contribution in [0.5, 0.6) is 5.75 Å². The lowest BCUT2D eigenvalue weighted by Gasteiger charge is -2.30. The van der Waals surface area contributed by atoms with Gasteiger partial charge in [-0.3, -0.25) is 4.79 Å². The second kappa shape index (κ2) is 13.4. The van der Waals surface area contributed by atoms with Gasteiger partial charge in [-0.25, -0.2) is 8.42 Å². The van der Waals surface area contributed by atoms with Crippen molar-refractivity contribution in [1.82, 2.24) is 4.31 Å². The normalized spacial score (nSPS) is 26.7. The number of hydrogen-bond donors (Lipinski definition) is 1. The SMILES string of the molecule is COc1ccc(S(=O)(=O)N(CC(C)C)C[C@@H](O)[C@@H](CC(=O)O[C@H]2CO[C@H]3O[C@H]4OCC[C@H]4[C@H]32)Cc2ccccc2)cc1. The molecule has 0 aliphatic carbocycles. The molecule has 3 saturated heterocycles. The number of carbonyl (C=O) groups is 1. The summed E-state index contributed by atoms with van der Waals surface area (Å²) in [6.45, 7) is 4.75. The number of fused-ring (bicyclic) bond motifs is 3. The molecule has 0 unspecified atom stereocenters. The van der Waals surface area contributed by atoms with Gasteiger partial charge in [-0.1, -0.05) is 44.2 Å². The maximum atomic E-state index is 13.7. The van der Waals surface area contributed by atoms with Gasteiger partial charge in [0.25, 0.3) is 0 Å². The Kier molecular flexibility index (Phi) is 9.86. The number of aliphatic hydroxyl groups excluding tert-OH is 1. The number of nitrogens with zero attached hydrogens (tertiary/aromatic N) is 1. The molecule has 0 saturated carbocycles. The number of carbonyl (C=O) groups excluding carboxylic acids is 1. The first kappa shape index (κ1) is 30.9. The van der Waals surface area contributed by atoms with Gasteiger partial charge in [0.05, 0.1) is 43.7 Å². The van der Waals surface area contributed by atoms with E-state index in [0.717, 1.165) is 12.0 Å². The summed E-state index contributed by atoms with van der Waals surface area (Å²) in [5.74, 6) is -0.454. The van der Waals surface area contributed by atoms with Crippen molar-refractivity contribution < 1.29 is 42.0 Å². The van der Waals surface area contributed by atoms with E-state index in [4.69, 9.17) is 23.7 Å². The minimum atomic E-state index is -3.93. The third kappa shape index (κ3) is 6.98. The highest BCUT2D eigenvalue weighted by Crippen LogP contribution is 2.46. The van der Waals surface area contributed by atoms with E-state index in [0.29, 0.717) is 18.8 Å². The number of methoxy groups -OCH3 is 1. The van der Waals surface area contributed by atoms with E-state index in [1.807, 2.05) is 44.2 Å². The molecule has 11 heteroatoms. The Balaban J connectivity index is 1.31. The van der Waals surface area contributed by atoms with Crippen molar-refractivity contribution in [1.29, 1.82) is 0 Å². The Hall–Kier alpha value is -2.54. The largest absolute Gasteiger partial charge is 0.497 e. The van der Waals surface area contributed by atoms with Gasteiger partial charge < -0.3 is 28.8 Å². The van der Waals surface area contributed by atoms with Crippen LogP contribution in [0, 0.1) is 23.7 Å². The van der Waals surface area contributed by atoms with Crippen molar-refractivity contribution in [2.24, 2.45) is 23.7 Å². The molecular formula is C31H41NO9S. The second-order valence-electron chi connectivity index (χ2n) is 11.7. The molecule has 10 nitrogen and oxygen atoms in total. The Morgan fingerprint density at radius 2 is 1.79 bits per heavy atom. The Bertz CT molecular complexity index is 1290. The summed E-state index contributed by atoms with van der Waals surface area (Å²) in [7, 11) is -2.41. The van der Waals surface area contributed by atoms with Crippen LogP contribution in [0.2, 0.25) is 0 Å². The zero-order valence-corrected chi connectivity index (χ0v) is 25.1. The zero-order chi connectivity index (χ0) is 29.9. The maximum absolute atomic E-state index is 13.7. The van der Waals surface area contributed by atoms with Gasteiger partial charge in [-0.2, -0.15) is 4.31 Å². The van der Waals surface area contributed by atoms with E-state index in [-0.39, 0.29) is 55.1 Å². The van der Waals surface area contributed by atoms with E-state index in [2.05, 4.69) is 0 Å². The van der Waals surface area contributed by atoms with Gasteiger partial charge in [-0.15, -0.1) is 0 Å². The highest BCUT2D eigenvalue weighted by molar-refractivity contribution is 7.89. The molecule has 0 bridgehead atoms. The molecule has 0 spiro atoms. The van der Waals surface area contributed by atoms with Gasteiger partial charge >= 0.3 is 5.97 Å². The van der Waals surface area contributed by atoms with Crippen LogP contribution in [0.3, 0.4) is 0 Å². The first-order chi connectivity index (χ1) is 20.2. The third-order valence-electron chi connectivity index (χ3n) is 8.27. The Morgan fingerprint density at radius 3 is 2.48 bits per heavy atom. The molecule has 3 fully saturated rings. The topological polar surface area (TPSA) is 121 Å². The predicted octanol–water partition coefficient (Wildman–Crippen LogP) is 3.23. The Labute approximate surface area is 247 Å². The number of benzene rings is 2. The van der Waals surface area contributed by atoms with Crippen molar-refractivity contribution in [2.45, 2.75) is 62.8 Å². The van der Waals surface area contributed by atoms with Crippen LogP contribution in [0.15, 0.2) is 59.5 Å². The van der Waals surface area contributed by atoms with Crippen LogP contribution in [-0.4, -0.2) is 82.0 Å².